The van der Waals surface area contributed by atoms with E-state index in [4.69, 9.17) is 0 Å². The van der Waals surface area contributed by atoms with Gasteiger partial charge in [-0.1, -0.05) is 74.7 Å². The fourth-order valence-corrected chi connectivity index (χ4v) is 13.7. The first kappa shape index (κ1) is 11.9. The van der Waals surface area contributed by atoms with Crippen LogP contribution in [0.1, 0.15) is 0 Å². The summed E-state index contributed by atoms with van der Waals surface area (Å²) in [5.41, 5.74) is 3.01. The van der Waals surface area contributed by atoms with Crippen LogP contribution in [0.4, 0.5) is 0 Å². The molecule has 0 amide bonds. The van der Waals surface area contributed by atoms with Crippen molar-refractivity contribution in [3.63, 3.8) is 0 Å². The molecule has 0 aromatic heterocycles. The minimum Gasteiger partial charge on any atom is -0.0709 e. The number of rotatable bonds is 1. The minimum absolute atomic E-state index is 1.21. The molecule has 1 aliphatic rings. The number of hydrogen-bond acceptors (Lipinski definition) is 0. The van der Waals surface area contributed by atoms with E-state index >= 15 is 0 Å². The molecule has 0 atom stereocenters. The third-order valence-electron chi connectivity index (χ3n) is 4.72. The quantitative estimate of drug-likeness (QED) is 0.696. The van der Waals surface area contributed by atoms with Crippen molar-refractivity contribution in [2.75, 3.05) is 0 Å². The first-order chi connectivity index (χ1) is 8.46. The van der Waals surface area contributed by atoms with Crippen molar-refractivity contribution < 1.29 is 0 Å². The van der Waals surface area contributed by atoms with Crippen LogP contribution in [-0.4, -0.2) is 15.2 Å². The van der Waals surface area contributed by atoms with Crippen LogP contribution in [0.25, 0.3) is 11.1 Å². The standard InChI is InChI=1S/C16H20Si2/c1-17(2,3)18(4)15-11-7-5-9-13(15)14-10-6-8-12-16(14)18/h5-12H,1-4H3. The van der Waals surface area contributed by atoms with Crippen LogP contribution in [0.5, 0.6) is 0 Å². The lowest BCUT2D eigenvalue weighted by Gasteiger charge is -2.37. The van der Waals surface area contributed by atoms with E-state index in [0.717, 1.165) is 0 Å². The van der Waals surface area contributed by atoms with Crippen LogP contribution in [0.2, 0.25) is 26.2 Å². The maximum atomic E-state index is 2.59. The maximum Gasteiger partial charge on any atom is 0.109 e. The third-order valence-corrected chi connectivity index (χ3v) is 21.4. The summed E-state index contributed by atoms with van der Waals surface area (Å²) in [4.78, 5) is 0. The van der Waals surface area contributed by atoms with Crippen molar-refractivity contribution in [1.82, 2.24) is 0 Å². The van der Waals surface area contributed by atoms with Crippen LogP contribution in [-0.2, 0) is 0 Å². The summed E-state index contributed by atoms with van der Waals surface area (Å²) >= 11 is 0. The van der Waals surface area contributed by atoms with E-state index in [1.807, 2.05) is 0 Å². The van der Waals surface area contributed by atoms with Gasteiger partial charge in [0.05, 0.1) is 0 Å². The highest BCUT2D eigenvalue weighted by molar-refractivity contribution is 7.51. The topological polar surface area (TPSA) is 0 Å². The first-order valence-corrected chi connectivity index (χ1v) is 13.7. The lowest BCUT2D eigenvalue weighted by Crippen LogP contribution is -2.69. The van der Waals surface area contributed by atoms with Crippen LogP contribution in [0.15, 0.2) is 48.5 Å². The lowest BCUT2D eigenvalue weighted by atomic mass is 10.1. The van der Waals surface area contributed by atoms with E-state index in [1.165, 1.54) is 11.1 Å². The SMILES string of the molecule is C[Si](C)(C)[Si]1(C)c2ccccc2-c2ccccc21. The zero-order valence-electron chi connectivity index (χ0n) is 11.6. The molecular formula is C16H20Si2. The number of benzene rings is 2. The first-order valence-electron chi connectivity index (χ1n) is 6.65. The van der Waals surface area contributed by atoms with Crippen molar-refractivity contribution >= 4 is 25.6 Å². The highest BCUT2D eigenvalue weighted by atomic mass is 29.3. The summed E-state index contributed by atoms with van der Waals surface area (Å²) in [5, 5.41) is 3.34. The molecule has 0 unspecified atom stereocenters. The van der Waals surface area contributed by atoms with E-state index in [1.54, 1.807) is 10.4 Å². The van der Waals surface area contributed by atoms with Crippen LogP contribution < -0.4 is 10.4 Å². The number of fused-ring (bicyclic) bond motifs is 3. The highest BCUT2D eigenvalue weighted by Gasteiger charge is 2.50. The van der Waals surface area contributed by atoms with Crippen molar-refractivity contribution in [3.8, 4) is 11.1 Å². The molecule has 2 heteroatoms. The molecular weight excluding hydrogens is 248 g/mol. The van der Waals surface area contributed by atoms with E-state index < -0.39 is 15.2 Å². The Hall–Kier alpha value is -1.13. The van der Waals surface area contributed by atoms with Crippen LogP contribution in [0.3, 0.4) is 0 Å². The second kappa shape index (κ2) is 3.68. The molecule has 3 rings (SSSR count). The average molecular weight is 269 g/mol. The van der Waals surface area contributed by atoms with Gasteiger partial charge in [0, 0.05) is 7.59 Å². The molecule has 0 saturated heterocycles. The van der Waals surface area contributed by atoms with E-state index in [2.05, 4.69) is 74.7 Å². The maximum absolute atomic E-state index is 2.59. The molecule has 0 aliphatic carbocycles. The molecule has 0 bridgehead atoms. The van der Waals surface area contributed by atoms with Gasteiger partial charge in [-0.2, -0.15) is 0 Å². The van der Waals surface area contributed by atoms with Crippen molar-refractivity contribution in [3.05, 3.63) is 48.5 Å². The molecule has 1 aliphatic heterocycles. The van der Waals surface area contributed by atoms with Gasteiger partial charge in [0.2, 0.25) is 0 Å². The van der Waals surface area contributed by atoms with Gasteiger partial charge in [-0.15, -0.1) is 0 Å². The molecule has 2 aromatic rings. The van der Waals surface area contributed by atoms with Gasteiger partial charge in [-0.25, -0.2) is 0 Å². The Morgan fingerprint density at radius 3 is 1.50 bits per heavy atom. The van der Waals surface area contributed by atoms with Gasteiger partial charge in [-0.3, -0.25) is 0 Å². The molecule has 2 aromatic carbocycles. The fourth-order valence-electron chi connectivity index (χ4n) is 3.26. The van der Waals surface area contributed by atoms with Gasteiger partial charge in [0.1, 0.15) is 7.59 Å². The predicted molar refractivity (Wildman–Crippen MR) is 86.1 cm³/mol. The van der Waals surface area contributed by atoms with Crippen molar-refractivity contribution in [2.24, 2.45) is 0 Å². The molecule has 0 nitrogen and oxygen atoms in total. The Balaban J connectivity index is 2.41. The summed E-state index contributed by atoms with van der Waals surface area (Å²) < 4.78 is 0. The third kappa shape index (κ3) is 1.36. The fraction of sp³-hybridized carbons (Fsp3) is 0.250. The molecule has 0 N–H and O–H groups in total. The second-order valence-electron chi connectivity index (χ2n) is 6.47. The molecule has 0 radical (unpaired) electrons. The number of hydrogen-bond donors (Lipinski definition) is 0. The minimum atomic E-state index is -1.49. The smallest absolute Gasteiger partial charge is 0.0709 e. The van der Waals surface area contributed by atoms with Gasteiger partial charge >= 0.3 is 0 Å². The Morgan fingerprint density at radius 1 is 0.722 bits per heavy atom. The largest absolute Gasteiger partial charge is 0.109 e. The molecule has 92 valence electrons. The second-order valence-corrected chi connectivity index (χ2v) is 21.8. The van der Waals surface area contributed by atoms with E-state index in [-0.39, 0.29) is 0 Å². The zero-order chi connectivity index (χ0) is 13.0. The monoisotopic (exact) mass is 268 g/mol. The van der Waals surface area contributed by atoms with Gasteiger partial charge < -0.3 is 0 Å². The van der Waals surface area contributed by atoms with Crippen LogP contribution >= 0.6 is 0 Å². The Bertz CT molecular complexity index is 563. The molecule has 0 fully saturated rings. The summed E-state index contributed by atoms with van der Waals surface area (Å²) in [6.45, 7) is 10.2. The Morgan fingerprint density at radius 2 is 1.11 bits per heavy atom. The normalized spacial score (nSPS) is 16.2. The molecule has 18 heavy (non-hydrogen) atoms. The average Bonchev–Trinajstić information content (AvgIpc) is 2.62. The summed E-state index contributed by atoms with van der Waals surface area (Å²) in [6, 6.07) is 18.2. The Labute approximate surface area is 111 Å². The Kier molecular flexibility index (Phi) is 2.44. The summed E-state index contributed by atoms with van der Waals surface area (Å²) in [6.07, 6.45) is 0. The highest BCUT2D eigenvalue weighted by Crippen LogP contribution is 2.32. The molecule has 0 spiro atoms. The summed E-state index contributed by atoms with van der Waals surface area (Å²) in [5.74, 6) is 0. The van der Waals surface area contributed by atoms with Crippen LogP contribution in [0, 0.1) is 0 Å². The zero-order valence-corrected chi connectivity index (χ0v) is 13.6. The van der Waals surface area contributed by atoms with Gasteiger partial charge in [0.15, 0.2) is 0 Å². The van der Waals surface area contributed by atoms with E-state index in [9.17, 15) is 0 Å². The van der Waals surface area contributed by atoms with E-state index in [0.29, 0.717) is 0 Å². The van der Waals surface area contributed by atoms with Crippen molar-refractivity contribution in [1.29, 1.82) is 0 Å². The lowest BCUT2D eigenvalue weighted by molar-refractivity contribution is 1.71. The summed E-state index contributed by atoms with van der Waals surface area (Å²) in [7, 11) is -2.70. The predicted octanol–water partition coefficient (Wildman–Crippen LogP) is 3.28. The van der Waals surface area contributed by atoms with Gasteiger partial charge in [0.25, 0.3) is 0 Å². The van der Waals surface area contributed by atoms with Crippen molar-refractivity contribution in [2.45, 2.75) is 26.2 Å². The molecule has 1 heterocycles. The van der Waals surface area contributed by atoms with Gasteiger partial charge in [-0.05, 0) is 21.5 Å². The molecule has 0 saturated carbocycles.